The van der Waals surface area contributed by atoms with Gasteiger partial charge in [-0.15, -0.1) is 0 Å². The fourth-order valence-electron chi connectivity index (χ4n) is 1.96. The molecule has 2 N–H and O–H groups in total. The summed E-state index contributed by atoms with van der Waals surface area (Å²) < 4.78 is 38.4. The fraction of sp³-hybridized carbons (Fsp3) is 0.188. The second kappa shape index (κ2) is 7.66. The van der Waals surface area contributed by atoms with Gasteiger partial charge in [-0.2, -0.15) is 13.2 Å². The lowest BCUT2D eigenvalue weighted by molar-refractivity contribution is -0.137. The van der Waals surface area contributed by atoms with Gasteiger partial charge in [0.2, 0.25) is 0 Å². The number of benzene rings is 2. The zero-order chi connectivity index (χ0) is 16.9. The summed E-state index contributed by atoms with van der Waals surface area (Å²) in [7, 11) is 0. The summed E-state index contributed by atoms with van der Waals surface area (Å²) in [5.74, 6) is 0. The van der Waals surface area contributed by atoms with Gasteiger partial charge in [0.1, 0.15) is 0 Å². The van der Waals surface area contributed by atoms with Crippen LogP contribution in [0.1, 0.15) is 11.1 Å². The predicted octanol–water partition coefficient (Wildman–Crippen LogP) is 4.89. The van der Waals surface area contributed by atoms with E-state index in [0.29, 0.717) is 6.54 Å². The van der Waals surface area contributed by atoms with Gasteiger partial charge in [-0.3, -0.25) is 0 Å². The molecule has 2 aromatic carbocycles. The third-order valence-corrected chi connectivity index (χ3v) is 3.65. The largest absolute Gasteiger partial charge is 0.417 e. The average molecular weight is 359 g/mol. The number of thiocarbonyl (C=S) groups is 1. The molecule has 0 heterocycles. The van der Waals surface area contributed by atoms with E-state index in [9.17, 15) is 13.2 Å². The molecule has 0 bridgehead atoms. The summed E-state index contributed by atoms with van der Waals surface area (Å²) in [6.45, 7) is 0.579. The highest BCUT2D eigenvalue weighted by Gasteiger charge is 2.33. The van der Waals surface area contributed by atoms with E-state index in [0.717, 1.165) is 18.1 Å². The Kier molecular flexibility index (Phi) is 5.85. The van der Waals surface area contributed by atoms with Crippen LogP contribution in [0.2, 0.25) is 5.02 Å². The smallest absolute Gasteiger partial charge is 0.362 e. The van der Waals surface area contributed by atoms with E-state index in [1.807, 2.05) is 30.3 Å². The average Bonchev–Trinajstić information content (AvgIpc) is 2.49. The number of hydrogen-bond donors (Lipinski definition) is 2. The third-order valence-electron chi connectivity index (χ3n) is 3.07. The zero-order valence-electron chi connectivity index (χ0n) is 12.0. The zero-order valence-corrected chi connectivity index (χ0v) is 13.5. The molecule has 0 amide bonds. The van der Waals surface area contributed by atoms with Crippen LogP contribution in [0.4, 0.5) is 18.9 Å². The van der Waals surface area contributed by atoms with Gasteiger partial charge in [0.05, 0.1) is 10.6 Å². The minimum absolute atomic E-state index is 0.235. The van der Waals surface area contributed by atoms with Gasteiger partial charge < -0.3 is 10.6 Å². The summed E-state index contributed by atoms with van der Waals surface area (Å²) >= 11 is 10.7. The number of rotatable bonds is 4. The number of nitrogens with one attached hydrogen (secondary N) is 2. The second-order valence-electron chi connectivity index (χ2n) is 4.81. The van der Waals surface area contributed by atoms with E-state index in [2.05, 4.69) is 10.6 Å². The van der Waals surface area contributed by atoms with Crippen molar-refractivity contribution in [3.8, 4) is 0 Å². The Bertz CT molecular complexity index is 675. The summed E-state index contributed by atoms with van der Waals surface area (Å²) in [6, 6.07) is 13.4. The first-order valence-electron chi connectivity index (χ1n) is 6.82. The van der Waals surface area contributed by atoms with Crippen molar-refractivity contribution in [2.75, 3.05) is 11.9 Å². The molecule has 0 saturated carbocycles. The topological polar surface area (TPSA) is 24.1 Å². The van der Waals surface area contributed by atoms with E-state index in [1.165, 1.54) is 12.1 Å². The Morgan fingerprint density at radius 3 is 2.43 bits per heavy atom. The van der Waals surface area contributed by atoms with Gasteiger partial charge in [-0.1, -0.05) is 41.9 Å². The van der Waals surface area contributed by atoms with Gasteiger partial charge in [0, 0.05) is 12.2 Å². The van der Waals surface area contributed by atoms with Crippen LogP contribution >= 0.6 is 23.8 Å². The maximum Gasteiger partial charge on any atom is 0.417 e. The Morgan fingerprint density at radius 1 is 1.09 bits per heavy atom. The van der Waals surface area contributed by atoms with Crippen LogP contribution < -0.4 is 10.6 Å². The molecule has 0 fully saturated rings. The lowest BCUT2D eigenvalue weighted by Gasteiger charge is -2.14. The molecule has 122 valence electrons. The monoisotopic (exact) mass is 358 g/mol. The van der Waals surface area contributed by atoms with E-state index in [1.54, 1.807) is 0 Å². The molecule has 0 saturated heterocycles. The Hall–Kier alpha value is -1.79. The number of hydrogen-bond acceptors (Lipinski definition) is 1. The molecular formula is C16H14ClF3N2S. The Labute approximate surface area is 142 Å². The third kappa shape index (κ3) is 5.41. The molecule has 0 spiro atoms. The molecule has 2 rings (SSSR count). The molecule has 0 aliphatic rings. The molecule has 0 aromatic heterocycles. The molecule has 0 atom stereocenters. The van der Waals surface area contributed by atoms with Crippen molar-refractivity contribution in [2.45, 2.75) is 12.6 Å². The van der Waals surface area contributed by atoms with E-state index >= 15 is 0 Å². The second-order valence-corrected chi connectivity index (χ2v) is 5.62. The van der Waals surface area contributed by atoms with Crippen LogP contribution in [0.5, 0.6) is 0 Å². The van der Waals surface area contributed by atoms with Crippen molar-refractivity contribution in [3.05, 3.63) is 64.7 Å². The van der Waals surface area contributed by atoms with Crippen LogP contribution in [0, 0.1) is 0 Å². The molecule has 0 aliphatic heterocycles. The summed E-state index contributed by atoms with van der Waals surface area (Å²) in [4.78, 5) is 0. The maximum atomic E-state index is 12.8. The molecule has 7 heteroatoms. The van der Waals surface area contributed by atoms with Crippen molar-refractivity contribution in [1.29, 1.82) is 0 Å². The lowest BCUT2D eigenvalue weighted by atomic mass is 10.1. The summed E-state index contributed by atoms with van der Waals surface area (Å²) in [5.41, 5.74) is 0.490. The van der Waals surface area contributed by atoms with Gasteiger partial charge in [-0.05, 0) is 42.4 Å². The maximum absolute atomic E-state index is 12.8. The number of alkyl halides is 3. The van der Waals surface area contributed by atoms with Crippen LogP contribution in [-0.4, -0.2) is 11.7 Å². The summed E-state index contributed by atoms with van der Waals surface area (Å²) in [6.07, 6.45) is -3.74. The lowest BCUT2D eigenvalue weighted by Crippen LogP contribution is -2.30. The molecule has 2 nitrogen and oxygen atoms in total. The van der Waals surface area contributed by atoms with Gasteiger partial charge in [-0.25, -0.2) is 0 Å². The van der Waals surface area contributed by atoms with Crippen LogP contribution in [0.25, 0.3) is 0 Å². The Balaban J connectivity index is 1.90. The predicted molar refractivity (Wildman–Crippen MR) is 90.8 cm³/mol. The molecule has 0 radical (unpaired) electrons. The minimum atomic E-state index is -4.50. The fourth-order valence-corrected chi connectivity index (χ4v) is 2.41. The molecular weight excluding hydrogens is 345 g/mol. The quantitative estimate of drug-likeness (QED) is 0.761. The van der Waals surface area contributed by atoms with Crippen molar-refractivity contribution < 1.29 is 13.2 Å². The molecule has 23 heavy (non-hydrogen) atoms. The van der Waals surface area contributed by atoms with Gasteiger partial charge in [0.25, 0.3) is 0 Å². The first-order chi connectivity index (χ1) is 10.9. The van der Waals surface area contributed by atoms with Crippen LogP contribution in [-0.2, 0) is 12.6 Å². The molecule has 2 aromatic rings. The van der Waals surface area contributed by atoms with Crippen LogP contribution in [0.3, 0.4) is 0 Å². The summed E-state index contributed by atoms with van der Waals surface area (Å²) in [5, 5.41) is 5.61. The highest BCUT2D eigenvalue weighted by Crippen LogP contribution is 2.36. The van der Waals surface area contributed by atoms with Crippen molar-refractivity contribution in [2.24, 2.45) is 0 Å². The van der Waals surface area contributed by atoms with Crippen LogP contribution in [0.15, 0.2) is 48.5 Å². The standard InChI is InChI=1S/C16H14ClF3N2S/c17-14-7-6-12(10-13(14)16(18,19)20)22-15(23)21-9-8-11-4-2-1-3-5-11/h1-7,10H,8-9H2,(H2,21,22,23). The van der Waals surface area contributed by atoms with Crippen molar-refractivity contribution >= 4 is 34.6 Å². The van der Waals surface area contributed by atoms with Crippen molar-refractivity contribution in [3.63, 3.8) is 0 Å². The highest BCUT2D eigenvalue weighted by atomic mass is 35.5. The molecule has 0 unspecified atom stereocenters. The van der Waals surface area contributed by atoms with E-state index in [-0.39, 0.29) is 15.8 Å². The van der Waals surface area contributed by atoms with Gasteiger partial charge in [0.15, 0.2) is 5.11 Å². The van der Waals surface area contributed by atoms with Gasteiger partial charge >= 0.3 is 6.18 Å². The normalized spacial score (nSPS) is 11.1. The molecule has 0 aliphatic carbocycles. The SMILES string of the molecule is FC(F)(F)c1cc(NC(=S)NCCc2ccccc2)ccc1Cl. The number of halogens is 4. The van der Waals surface area contributed by atoms with Crippen molar-refractivity contribution in [1.82, 2.24) is 5.32 Å². The highest BCUT2D eigenvalue weighted by molar-refractivity contribution is 7.80. The van der Waals surface area contributed by atoms with E-state index < -0.39 is 11.7 Å². The first-order valence-corrected chi connectivity index (χ1v) is 7.60. The first kappa shape index (κ1) is 17.6. The number of anilines is 1. The Morgan fingerprint density at radius 2 is 1.78 bits per heavy atom. The van der Waals surface area contributed by atoms with E-state index in [4.69, 9.17) is 23.8 Å². The minimum Gasteiger partial charge on any atom is -0.362 e.